The number of halogens is 3. The van der Waals surface area contributed by atoms with Crippen LogP contribution in [0.1, 0.15) is 48.2 Å². The van der Waals surface area contributed by atoms with E-state index in [0.29, 0.717) is 36.4 Å². The number of nitrogens with zero attached hydrogens (tertiary/aromatic N) is 5. The lowest BCUT2D eigenvalue weighted by atomic mass is 9.90. The predicted octanol–water partition coefficient (Wildman–Crippen LogP) is 3.01. The van der Waals surface area contributed by atoms with Crippen molar-refractivity contribution >= 4 is 29.0 Å². The van der Waals surface area contributed by atoms with Crippen LogP contribution in [0.25, 0.3) is 5.52 Å². The Morgan fingerprint density at radius 1 is 1.20 bits per heavy atom. The van der Waals surface area contributed by atoms with Gasteiger partial charge in [0, 0.05) is 55.1 Å². The van der Waals surface area contributed by atoms with Crippen molar-refractivity contribution in [3.63, 3.8) is 0 Å². The normalized spacial score (nSPS) is 23.2. The predicted molar refractivity (Wildman–Crippen MR) is 140 cm³/mol. The van der Waals surface area contributed by atoms with Crippen molar-refractivity contribution in [2.45, 2.75) is 43.3 Å². The first kappa shape index (κ1) is 26.0. The second-order valence-electron chi connectivity index (χ2n) is 10.2. The number of piperazine rings is 1. The van der Waals surface area contributed by atoms with Gasteiger partial charge in [-0.05, 0) is 31.4 Å². The first-order chi connectivity index (χ1) is 19.2. The van der Waals surface area contributed by atoms with E-state index in [2.05, 4.69) is 20.6 Å². The number of aromatic nitrogens is 4. The zero-order chi connectivity index (χ0) is 28.0. The van der Waals surface area contributed by atoms with E-state index in [1.165, 1.54) is 0 Å². The molecule has 2 aliphatic heterocycles. The first-order valence-electron chi connectivity index (χ1n) is 13.0. The molecule has 0 bridgehead atoms. The average molecular weight is 553 g/mol. The number of fused-ring (bicyclic) bond motifs is 2. The van der Waals surface area contributed by atoms with Gasteiger partial charge >= 0.3 is 6.18 Å². The Kier molecular flexibility index (Phi) is 6.53. The van der Waals surface area contributed by atoms with Gasteiger partial charge in [-0.3, -0.25) is 14.0 Å². The number of carbonyl (C=O) groups excluding carboxylic acids is 2. The van der Waals surface area contributed by atoms with Crippen molar-refractivity contribution in [1.29, 1.82) is 0 Å². The molecule has 5 heterocycles. The highest BCUT2D eigenvalue weighted by Gasteiger charge is 2.37. The van der Waals surface area contributed by atoms with E-state index in [9.17, 15) is 22.8 Å². The molecule has 40 heavy (non-hydrogen) atoms. The van der Waals surface area contributed by atoms with Gasteiger partial charge in [-0.15, -0.1) is 0 Å². The summed E-state index contributed by atoms with van der Waals surface area (Å²) in [6, 6.07) is 1.83. The zero-order valence-corrected chi connectivity index (χ0v) is 21.4. The average Bonchev–Trinajstić information content (AvgIpc) is 3.34. The molecular weight excluding hydrogens is 525 g/mol. The van der Waals surface area contributed by atoms with E-state index < -0.39 is 17.6 Å². The van der Waals surface area contributed by atoms with Gasteiger partial charge in [0.1, 0.15) is 23.0 Å². The maximum atomic E-state index is 13.0. The lowest BCUT2D eigenvalue weighted by molar-refractivity contribution is -0.138. The molecule has 1 aliphatic carbocycles. The van der Waals surface area contributed by atoms with Crippen molar-refractivity contribution in [3.05, 3.63) is 71.6 Å². The number of carbonyl (C=O) groups is 2. The first-order valence-corrected chi connectivity index (χ1v) is 13.0. The molecule has 0 radical (unpaired) electrons. The third kappa shape index (κ3) is 4.81. The summed E-state index contributed by atoms with van der Waals surface area (Å²) in [7, 11) is 0. The molecule has 2 saturated heterocycles. The Morgan fingerprint density at radius 3 is 2.83 bits per heavy atom. The van der Waals surface area contributed by atoms with Crippen LogP contribution in [0, 0.1) is 0 Å². The van der Waals surface area contributed by atoms with Gasteiger partial charge in [0.05, 0.1) is 17.8 Å². The van der Waals surface area contributed by atoms with Gasteiger partial charge in [-0.1, -0.05) is 18.2 Å². The highest BCUT2D eigenvalue weighted by molar-refractivity contribution is 6.05. The molecule has 3 atom stereocenters. The highest BCUT2D eigenvalue weighted by atomic mass is 19.4. The number of nitrogen functional groups attached to an aromatic ring is 1. The van der Waals surface area contributed by atoms with Crippen molar-refractivity contribution in [1.82, 2.24) is 29.6 Å². The minimum absolute atomic E-state index is 0.0331. The van der Waals surface area contributed by atoms with Gasteiger partial charge in [-0.25, -0.2) is 15.0 Å². The molecular formula is C27H27F3N8O2. The summed E-state index contributed by atoms with van der Waals surface area (Å²) in [6.45, 7) is 1.72. The summed E-state index contributed by atoms with van der Waals surface area (Å²) in [5, 5.41) is 5.61. The maximum absolute atomic E-state index is 13.0. The molecule has 3 aromatic rings. The molecule has 0 aromatic carbocycles. The highest BCUT2D eigenvalue weighted by Crippen LogP contribution is 2.37. The van der Waals surface area contributed by atoms with E-state index in [1.54, 1.807) is 18.3 Å². The lowest BCUT2D eigenvalue weighted by Gasteiger charge is -2.42. The van der Waals surface area contributed by atoms with Crippen molar-refractivity contribution < 1.29 is 22.8 Å². The number of hydrogen-bond acceptors (Lipinski definition) is 7. The van der Waals surface area contributed by atoms with Crippen LogP contribution < -0.4 is 16.4 Å². The zero-order valence-electron chi connectivity index (χ0n) is 21.4. The number of piperidine rings is 1. The largest absolute Gasteiger partial charge is 0.416 e. The number of amides is 2. The van der Waals surface area contributed by atoms with E-state index in [0.717, 1.165) is 49.2 Å². The van der Waals surface area contributed by atoms with Crippen LogP contribution >= 0.6 is 0 Å². The Morgan fingerprint density at radius 2 is 2.05 bits per heavy atom. The van der Waals surface area contributed by atoms with Crippen LogP contribution in [0.3, 0.4) is 0 Å². The molecule has 10 nitrogen and oxygen atoms in total. The van der Waals surface area contributed by atoms with Crippen LogP contribution in [0.4, 0.5) is 24.8 Å². The molecule has 3 unspecified atom stereocenters. The summed E-state index contributed by atoms with van der Waals surface area (Å²) < 4.78 is 41.0. The van der Waals surface area contributed by atoms with Gasteiger partial charge in [0.2, 0.25) is 5.91 Å². The third-order valence-electron chi connectivity index (χ3n) is 7.73. The third-order valence-corrected chi connectivity index (χ3v) is 7.73. The molecule has 0 spiro atoms. The molecule has 208 valence electrons. The minimum atomic E-state index is -4.54. The Labute approximate surface area is 227 Å². The summed E-state index contributed by atoms with van der Waals surface area (Å²) in [6.07, 6.45) is 7.28. The number of anilines is 2. The van der Waals surface area contributed by atoms with Crippen LogP contribution in [0.15, 0.2) is 54.5 Å². The van der Waals surface area contributed by atoms with E-state index in [-0.39, 0.29) is 29.6 Å². The molecule has 3 aliphatic rings. The standard InChI is InChI=1S/C27H27F3N8O2/c28-27(29,30)18-7-8-33-20(11-18)35-26(40)16-3-1-15(2-4-16)22-23-24(31)34-9-10-37(23)25(36-22)17-5-6-19-12-32-13-21(39)38(19)14-17/h1,3-4,7-11,15,17,19,32H,2,5-6,12-14H2,(H2,31,34)(H,33,35,40). The molecule has 0 saturated carbocycles. The lowest BCUT2D eigenvalue weighted by Crippen LogP contribution is -2.57. The number of pyridine rings is 1. The summed E-state index contributed by atoms with van der Waals surface area (Å²) >= 11 is 0. The number of hydrogen-bond donors (Lipinski definition) is 3. The molecule has 2 fully saturated rings. The number of rotatable bonds is 4. The number of nitrogens with one attached hydrogen (secondary N) is 2. The van der Waals surface area contributed by atoms with E-state index in [4.69, 9.17) is 10.7 Å². The van der Waals surface area contributed by atoms with Crippen LogP contribution in [-0.4, -0.2) is 61.7 Å². The van der Waals surface area contributed by atoms with Crippen molar-refractivity contribution in [3.8, 4) is 0 Å². The molecule has 2 amide bonds. The van der Waals surface area contributed by atoms with Crippen LogP contribution in [0.2, 0.25) is 0 Å². The Balaban J connectivity index is 1.22. The fraction of sp³-hybridized carbons (Fsp3) is 0.370. The molecule has 3 aromatic heterocycles. The van der Waals surface area contributed by atoms with E-state index >= 15 is 0 Å². The molecule has 13 heteroatoms. The van der Waals surface area contributed by atoms with Crippen LogP contribution in [0.5, 0.6) is 0 Å². The number of nitrogens with two attached hydrogens (primary N) is 1. The van der Waals surface area contributed by atoms with Crippen molar-refractivity contribution in [2.24, 2.45) is 0 Å². The smallest absolute Gasteiger partial charge is 0.382 e. The summed E-state index contributed by atoms with van der Waals surface area (Å²) in [4.78, 5) is 40.4. The fourth-order valence-corrected chi connectivity index (χ4v) is 5.72. The summed E-state index contributed by atoms with van der Waals surface area (Å²) in [5.41, 5.74) is 7.13. The quantitative estimate of drug-likeness (QED) is 0.454. The minimum Gasteiger partial charge on any atom is -0.382 e. The van der Waals surface area contributed by atoms with Gasteiger partial charge in [-0.2, -0.15) is 13.2 Å². The van der Waals surface area contributed by atoms with Gasteiger partial charge in [0.25, 0.3) is 5.91 Å². The second kappa shape index (κ2) is 10.0. The number of imidazole rings is 1. The Bertz CT molecular complexity index is 1550. The van der Waals surface area contributed by atoms with Crippen molar-refractivity contribution in [2.75, 3.05) is 30.7 Å². The number of allylic oxidation sites excluding steroid dienone is 2. The Hall–Kier alpha value is -4.26. The number of alkyl halides is 3. The van der Waals surface area contributed by atoms with E-state index in [1.807, 2.05) is 21.6 Å². The maximum Gasteiger partial charge on any atom is 0.416 e. The van der Waals surface area contributed by atoms with Crippen LogP contribution in [-0.2, 0) is 15.8 Å². The van der Waals surface area contributed by atoms with Gasteiger partial charge < -0.3 is 21.3 Å². The van der Waals surface area contributed by atoms with Gasteiger partial charge in [0.15, 0.2) is 0 Å². The summed E-state index contributed by atoms with van der Waals surface area (Å²) in [5.74, 6) is 0.337. The second-order valence-corrected chi connectivity index (χ2v) is 10.2. The molecule has 4 N–H and O–H groups in total. The monoisotopic (exact) mass is 552 g/mol. The fourth-order valence-electron chi connectivity index (χ4n) is 5.72. The molecule has 6 rings (SSSR count). The topological polar surface area (TPSA) is 131 Å². The SMILES string of the molecule is Nc1nccn2c(C3CCC4CNCC(=O)N4C3)nc(C3C=CC(C(=O)Nc4cc(C(F)(F)F)ccn4)=CC3)c12.